The number of nitrogens with one attached hydrogen (secondary N) is 1. The molecule has 0 radical (unpaired) electrons. The Morgan fingerprint density at radius 2 is 2.26 bits per heavy atom. The van der Waals surface area contributed by atoms with E-state index >= 15 is 0 Å². The standard InChI is InChI=1S/C14H19NO3S/c1-3-4-5-11(14(17)18)15-13(16)7-6-12-10(2)8-9-19-12/h6-9,11H,3-5H2,1-2H3,(H,15,16)(H,17,18)/b7-6+/t11-/m0/s1. The zero-order valence-electron chi connectivity index (χ0n) is 11.2. The Balaban J connectivity index is 2.55. The number of amides is 1. The lowest BCUT2D eigenvalue weighted by Gasteiger charge is -2.12. The number of carbonyl (C=O) groups is 2. The molecule has 0 aromatic carbocycles. The predicted octanol–water partition coefficient (Wildman–Crippen LogP) is 2.83. The van der Waals surface area contributed by atoms with Gasteiger partial charge >= 0.3 is 5.97 Å². The van der Waals surface area contributed by atoms with Gasteiger partial charge in [0.05, 0.1) is 0 Å². The van der Waals surface area contributed by atoms with Crippen LogP contribution in [0.5, 0.6) is 0 Å². The van der Waals surface area contributed by atoms with E-state index in [2.05, 4.69) is 5.32 Å². The lowest BCUT2D eigenvalue weighted by molar-refractivity contribution is -0.141. The van der Waals surface area contributed by atoms with Crippen LogP contribution >= 0.6 is 11.3 Å². The molecule has 104 valence electrons. The molecule has 1 rings (SSSR count). The van der Waals surface area contributed by atoms with Gasteiger partial charge in [-0.3, -0.25) is 4.79 Å². The van der Waals surface area contributed by atoms with Crippen molar-refractivity contribution in [3.05, 3.63) is 28.0 Å². The highest BCUT2D eigenvalue weighted by atomic mass is 32.1. The molecule has 0 aliphatic carbocycles. The minimum Gasteiger partial charge on any atom is -0.480 e. The third kappa shape index (κ3) is 5.26. The summed E-state index contributed by atoms with van der Waals surface area (Å²) in [6.07, 6.45) is 5.26. The van der Waals surface area contributed by atoms with Crippen LogP contribution in [0.15, 0.2) is 17.5 Å². The minimum atomic E-state index is -0.984. The van der Waals surface area contributed by atoms with Gasteiger partial charge in [0.2, 0.25) is 5.91 Å². The Morgan fingerprint density at radius 1 is 1.53 bits per heavy atom. The monoisotopic (exact) mass is 281 g/mol. The largest absolute Gasteiger partial charge is 0.480 e. The van der Waals surface area contributed by atoms with Gasteiger partial charge in [-0.25, -0.2) is 4.79 Å². The fourth-order valence-electron chi connectivity index (χ4n) is 1.59. The molecule has 0 bridgehead atoms. The van der Waals surface area contributed by atoms with Gasteiger partial charge in [0, 0.05) is 11.0 Å². The maximum atomic E-state index is 11.7. The summed E-state index contributed by atoms with van der Waals surface area (Å²) < 4.78 is 0. The first-order valence-electron chi connectivity index (χ1n) is 6.30. The summed E-state index contributed by atoms with van der Waals surface area (Å²) >= 11 is 1.55. The fourth-order valence-corrected chi connectivity index (χ4v) is 2.41. The molecule has 0 saturated carbocycles. The molecule has 4 nitrogen and oxygen atoms in total. The van der Waals surface area contributed by atoms with Crippen LogP contribution in [0.4, 0.5) is 0 Å². The zero-order chi connectivity index (χ0) is 14.3. The van der Waals surface area contributed by atoms with Crippen molar-refractivity contribution in [2.24, 2.45) is 0 Å². The summed E-state index contributed by atoms with van der Waals surface area (Å²) in [4.78, 5) is 23.7. The Labute approximate surface area is 117 Å². The average molecular weight is 281 g/mol. The van der Waals surface area contributed by atoms with Crippen LogP contribution in [0.3, 0.4) is 0 Å². The molecular formula is C14H19NO3S. The minimum absolute atomic E-state index is 0.365. The summed E-state index contributed by atoms with van der Waals surface area (Å²) in [6, 6.07) is 1.17. The van der Waals surface area contributed by atoms with Gasteiger partial charge in [0.25, 0.3) is 0 Å². The SMILES string of the molecule is CCCC[C@H](NC(=O)/C=C/c1sccc1C)C(=O)O. The van der Waals surface area contributed by atoms with Gasteiger partial charge in [-0.2, -0.15) is 0 Å². The van der Waals surface area contributed by atoms with Gasteiger partial charge < -0.3 is 10.4 Å². The number of carboxylic acids is 1. The summed E-state index contributed by atoms with van der Waals surface area (Å²) in [5, 5.41) is 13.5. The highest BCUT2D eigenvalue weighted by Crippen LogP contribution is 2.16. The van der Waals surface area contributed by atoms with E-state index < -0.39 is 12.0 Å². The highest BCUT2D eigenvalue weighted by molar-refractivity contribution is 7.11. The van der Waals surface area contributed by atoms with E-state index in [9.17, 15) is 9.59 Å². The third-order valence-corrected chi connectivity index (χ3v) is 3.73. The molecule has 19 heavy (non-hydrogen) atoms. The molecule has 0 fully saturated rings. The number of unbranched alkanes of at least 4 members (excludes halogenated alkanes) is 1. The smallest absolute Gasteiger partial charge is 0.326 e. The van der Waals surface area contributed by atoms with Crippen molar-refractivity contribution in [1.29, 1.82) is 0 Å². The lowest BCUT2D eigenvalue weighted by atomic mass is 10.1. The van der Waals surface area contributed by atoms with Crippen LogP contribution in [0.25, 0.3) is 6.08 Å². The molecule has 2 N–H and O–H groups in total. The zero-order valence-corrected chi connectivity index (χ0v) is 12.0. The molecule has 1 heterocycles. The quantitative estimate of drug-likeness (QED) is 0.755. The van der Waals surface area contributed by atoms with Gasteiger partial charge in [-0.15, -0.1) is 11.3 Å². The number of aliphatic carboxylic acids is 1. The van der Waals surface area contributed by atoms with Gasteiger partial charge in [-0.05, 0) is 36.4 Å². The van der Waals surface area contributed by atoms with Crippen LogP contribution in [0.1, 0.15) is 36.6 Å². The van der Waals surface area contributed by atoms with E-state index in [0.717, 1.165) is 23.3 Å². The van der Waals surface area contributed by atoms with Crippen molar-refractivity contribution in [1.82, 2.24) is 5.32 Å². The van der Waals surface area contributed by atoms with Crippen LogP contribution in [0.2, 0.25) is 0 Å². The lowest BCUT2D eigenvalue weighted by Crippen LogP contribution is -2.39. The van der Waals surface area contributed by atoms with E-state index in [-0.39, 0.29) is 5.91 Å². The average Bonchev–Trinajstić information content (AvgIpc) is 2.77. The summed E-state index contributed by atoms with van der Waals surface area (Å²) in [5.41, 5.74) is 1.11. The number of hydrogen-bond acceptors (Lipinski definition) is 3. The van der Waals surface area contributed by atoms with Gasteiger partial charge in [0.1, 0.15) is 6.04 Å². The van der Waals surface area contributed by atoms with Crippen LogP contribution in [-0.2, 0) is 9.59 Å². The first-order valence-corrected chi connectivity index (χ1v) is 7.18. The first kappa shape index (κ1) is 15.4. The first-order chi connectivity index (χ1) is 9.04. The van der Waals surface area contributed by atoms with E-state index in [0.29, 0.717) is 6.42 Å². The Hall–Kier alpha value is -1.62. The van der Waals surface area contributed by atoms with Crippen molar-refractivity contribution in [2.75, 3.05) is 0 Å². The molecule has 0 unspecified atom stereocenters. The van der Waals surface area contributed by atoms with E-state index in [1.54, 1.807) is 17.4 Å². The van der Waals surface area contributed by atoms with E-state index in [1.807, 2.05) is 25.3 Å². The molecule has 0 aliphatic rings. The van der Waals surface area contributed by atoms with Crippen molar-refractivity contribution in [3.63, 3.8) is 0 Å². The second-order valence-electron chi connectivity index (χ2n) is 4.34. The molecule has 0 aliphatic heterocycles. The normalized spacial score (nSPS) is 12.5. The van der Waals surface area contributed by atoms with Gasteiger partial charge in [-0.1, -0.05) is 19.8 Å². The molecule has 5 heteroatoms. The Kier molecular flexibility index (Phi) is 6.29. The Bertz CT molecular complexity index is 465. The summed E-state index contributed by atoms with van der Waals surface area (Å²) in [6.45, 7) is 3.95. The maximum absolute atomic E-state index is 11.7. The second kappa shape index (κ2) is 7.74. The molecule has 1 aromatic rings. The van der Waals surface area contributed by atoms with Crippen molar-refractivity contribution in [3.8, 4) is 0 Å². The number of aryl methyl sites for hydroxylation is 1. The Morgan fingerprint density at radius 3 is 2.79 bits per heavy atom. The highest BCUT2D eigenvalue weighted by Gasteiger charge is 2.17. The number of carbonyl (C=O) groups excluding carboxylic acids is 1. The topological polar surface area (TPSA) is 66.4 Å². The number of carboxylic acid groups (broad SMARTS) is 1. The second-order valence-corrected chi connectivity index (χ2v) is 5.29. The summed E-state index contributed by atoms with van der Waals surface area (Å²) in [5.74, 6) is -1.35. The maximum Gasteiger partial charge on any atom is 0.326 e. The van der Waals surface area contributed by atoms with E-state index in [4.69, 9.17) is 5.11 Å². The fraction of sp³-hybridized carbons (Fsp3) is 0.429. The summed E-state index contributed by atoms with van der Waals surface area (Å²) in [7, 11) is 0. The number of thiophene rings is 1. The molecule has 0 spiro atoms. The van der Waals surface area contributed by atoms with E-state index in [1.165, 1.54) is 6.08 Å². The molecular weight excluding hydrogens is 262 g/mol. The van der Waals surface area contributed by atoms with Gasteiger partial charge in [0.15, 0.2) is 0 Å². The molecule has 1 atom stereocenters. The number of rotatable bonds is 7. The molecule has 1 aromatic heterocycles. The van der Waals surface area contributed by atoms with Crippen LogP contribution < -0.4 is 5.32 Å². The molecule has 1 amide bonds. The number of hydrogen-bond donors (Lipinski definition) is 2. The van der Waals surface area contributed by atoms with Crippen molar-refractivity contribution >= 4 is 29.3 Å². The van der Waals surface area contributed by atoms with Crippen LogP contribution in [-0.4, -0.2) is 23.0 Å². The van der Waals surface area contributed by atoms with Crippen LogP contribution in [0, 0.1) is 6.92 Å². The predicted molar refractivity (Wildman–Crippen MR) is 77.2 cm³/mol. The van der Waals surface area contributed by atoms with Crippen molar-refractivity contribution in [2.45, 2.75) is 39.2 Å². The third-order valence-electron chi connectivity index (χ3n) is 2.75. The molecule has 0 saturated heterocycles. The van der Waals surface area contributed by atoms with Crippen molar-refractivity contribution < 1.29 is 14.7 Å².